The van der Waals surface area contributed by atoms with Crippen LogP contribution in [-0.4, -0.2) is 31.0 Å². The molecule has 140 valence electrons. The van der Waals surface area contributed by atoms with Crippen LogP contribution in [0.5, 0.6) is 0 Å². The summed E-state index contributed by atoms with van der Waals surface area (Å²) < 4.78 is 21.1. The van der Waals surface area contributed by atoms with E-state index >= 15 is 0 Å². The van der Waals surface area contributed by atoms with Crippen LogP contribution in [0.1, 0.15) is 11.1 Å². The van der Waals surface area contributed by atoms with Crippen LogP contribution in [0.2, 0.25) is 0 Å². The number of benzene rings is 2. The number of thiazole rings is 1. The Morgan fingerprint density at radius 3 is 2.52 bits per heavy atom. The Balaban J connectivity index is 1.87. The normalized spacial score (nSPS) is 15.4. The fourth-order valence-corrected chi connectivity index (χ4v) is 4.08. The van der Waals surface area contributed by atoms with Gasteiger partial charge >= 0.3 is 0 Å². The van der Waals surface area contributed by atoms with E-state index in [0.717, 1.165) is 40.4 Å². The van der Waals surface area contributed by atoms with Crippen LogP contribution in [0, 0.1) is 19.7 Å². The molecule has 0 amide bonds. The molecule has 0 radical (unpaired) electrons. The van der Waals surface area contributed by atoms with E-state index in [2.05, 4.69) is 47.1 Å². The Morgan fingerprint density at radius 1 is 1.04 bits per heavy atom. The Labute approximate surface area is 162 Å². The minimum Gasteiger partial charge on any atom is -0.378 e. The third-order valence-corrected chi connectivity index (χ3v) is 5.49. The van der Waals surface area contributed by atoms with Gasteiger partial charge in [0.05, 0.1) is 37.7 Å². The molecule has 2 heterocycles. The van der Waals surface area contributed by atoms with Crippen LogP contribution in [0.15, 0.2) is 52.8 Å². The first-order valence-electron chi connectivity index (χ1n) is 9.03. The van der Waals surface area contributed by atoms with Crippen LogP contribution in [-0.2, 0) is 4.74 Å². The zero-order valence-electron chi connectivity index (χ0n) is 15.5. The average molecular weight is 383 g/mol. The number of rotatable bonds is 3. The van der Waals surface area contributed by atoms with E-state index in [1.165, 1.54) is 17.7 Å². The molecular formula is C21H22FN3OS. The Hall–Kier alpha value is -2.44. The van der Waals surface area contributed by atoms with Crippen LogP contribution >= 0.6 is 11.3 Å². The molecule has 1 aromatic heterocycles. The van der Waals surface area contributed by atoms with E-state index in [0.29, 0.717) is 13.2 Å². The maximum absolute atomic E-state index is 13.4. The molecule has 0 aliphatic carbocycles. The molecule has 27 heavy (non-hydrogen) atoms. The molecule has 1 aliphatic heterocycles. The van der Waals surface area contributed by atoms with Crippen LogP contribution in [0.3, 0.4) is 0 Å². The van der Waals surface area contributed by atoms with Crippen molar-refractivity contribution < 1.29 is 9.13 Å². The number of nitrogens with zero attached hydrogens (tertiary/aromatic N) is 3. The summed E-state index contributed by atoms with van der Waals surface area (Å²) in [6, 6.07) is 12.9. The molecule has 0 spiro atoms. The lowest BCUT2D eigenvalue weighted by Gasteiger charge is -2.31. The molecule has 0 N–H and O–H groups in total. The quantitative estimate of drug-likeness (QED) is 0.679. The first-order chi connectivity index (χ1) is 13.1. The Morgan fingerprint density at radius 2 is 1.78 bits per heavy atom. The van der Waals surface area contributed by atoms with Crippen molar-refractivity contribution in [3.05, 3.63) is 69.6 Å². The third kappa shape index (κ3) is 3.82. The molecule has 0 bridgehead atoms. The van der Waals surface area contributed by atoms with Gasteiger partial charge in [-0.1, -0.05) is 12.1 Å². The summed E-state index contributed by atoms with van der Waals surface area (Å²) in [7, 11) is 0. The summed E-state index contributed by atoms with van der Waals surface area (Å²) in [5, 5.41) is 4.34. The molecule has 6 heteroatoms. The summed E-state index contributed by atoms with van der Waals surface area (Å²) in [6.07, 6.45) is 0. The van der Waals surface area contributed by atoms with Gasteiger partial charge in [0.1, 0.15) is 5.82 Å². The van der Waals surface area contributed by atoms with Gasteiger partial charge in [-0.3, -0.25) is 0 Å². The lowest BCUT2D eigenvalue weighted by Crippen LogP contribution is -2.48. The average Bonchev–Trinajstić information content (AvgIpc) is 3.09. The number of aryl methyl sites for hydroxylation is 2. The van der Waals surface area contributed by atoms with Crippen molar-refractivity contribution in [2.75, 3.05) is 31.3 Å². The Bertz CT molecular complexity index is 1000. The first kappa shape index (κ1) is 17.9. The van der Waals surface area contributed by atoms with E-state index < -0.39 is 0 Å². The van der Waals surface area contributed by atoms with Gasteiger partial charge < -0.3 is 9.75 Å². The molecule has 4 rings (SSSR count). The molecule has 0 saturated carbocycles. The van der Waals surface area contributed by atoms with Gasteiger partial charge in [-0.25, -0.2) is 14.1 Å². The highest BCUT2D eigenvalue weighted by Crippen LogP contribution is 2.23. The smallest absolute Gasteiger partial charge is 0.209 e. The van der Waals surface area contributed by atoms with Gasteiger partial charge in [0.15, 0.2) is 0 Å². The predicted octanol–water partition coefficient (Wildman–Crippen LogP) is 4.17. The zero-order valence-corrected chi connectivity index (χ0v) is 16.3. The summed E-state index contributed by atoms with van der Waals surface area (Å²) in [6.45, 7) is 7.12. The van der Waals surface area contributed by atoms with Gasteiger partial charge in [0, 0.05) is 10.9 Å². The molecule has 0 unspecified atom stereocenters. The molecule has 1 saturated heterocycles. The number of ether oxygens (including phenoxy) is 1. The largest absolute Gasteiger partial charge is 0.378 e. The number of aromatic nitrogens is 1. The van der Waals surface area contributed by atoms with Gasteiger partial charge in [0.25, 0.3) is 0 Å². The number of halogens is 1. The minimum atomic E-state index is -0.229. The standard InChI is InChI=1S/C21H22FN3OS/c1-15-3-4-16(2)19(13-15)23-21-25(24-9-11-26-12-10-24)20(14-27-21)17-5-7-18(22)8-6-17/h3-8,13-14H,9-12H2,1-2H3. The van der Waals surface area contributed by atoms with Crippen molar-refractivity contribution in [2.24, 2.45) is 4.99 Å². The molecule has 1 aliphatic rings. The van der Waals surface area contributed by atoms with Crippen molar-refractivity contribution in [3.8, 4) is 11.3 Å². The second-order valence-corrected chi connectivity index (χ2v) is 7.53. The molecule has 3 aromatic rings. The van der Waals surface area contributed by atoms with E-state index in [9.17, 15) is 4.39 Å². The molecule has 0 atom stereocenters. The number of hydrogen-bond acceptors (Lipinski definition) is 4. The maximum Gasteiger partial charge on any atom is 0.209 e. The lowest BCUT2D eigenvalue weighted by atomic mass is 10.1. The third-order valence-electron chi connectivity index (χ3n) is 4.68. The fraction of sp³-hybridized carbons (Fsp3) is 0.286. The van der Waals surface area contributed by atoms with E-state index in [1.54, 1.807) is 11.3 Å². The van der Waals surface area contributed by atoms with E-state index in [-0.39, 0.29) is 5.82 Å². The second kappa shape index (κ2) is 7.66. The summed E-state index contributed by atoms with van der Waals surface area (Å²) in [4.78, 5) is 5.87. The van der Waals surface area contributed by atoms with E-state index in [1.807, 2.05) is 12.1 Å². The highest BCUT2D eigenvalue weighted by atomic mass is 32.1. The predicted molar refractivity (Wildman–Crippen MR) is 108 cm³/mol. The molecule has 1 fully saturated rings. The van der Waals surface area contributed by atoms with Gasteiger partial charge in [-0.05, 0) is 55.3 Å². The lowest BCUT2D eigenvalue weighted by molar-refractivity contribution is 0.111. The monoisotopic (exact) mass is 383 g/mol. The fourth-order valence-electron chi connectivity index (χ4n) is 3.17. The zero-order chi connectivity index (χ0) is 18.8. The Kier molecular flexibility index (Phi) is 5.09. The maximum atomic E-state index is 13.4. The van der Waals surface area contributed by atoms with Crippen LogP contribution < -0.4 is 9.81 Å². The van der Waals surface area contributed by atoms with Crippen LogP contribution in [0.25, 0.3) is 11.3 Å². The number of hydrogen-bond donors (Lipinski definition) is 0. The second-order valence-electron chi connectivity index (χ2n) is 6.69. The first-order valence-corrected chi connectivity index (χ1v) is 9.91. The van der Waals surface area contributed by atoms with Gasteiger partial charge in [0.2, 0.25) is 4.80 Å². The minimum absolute atomic E-state index is 0.229. The summed E-state index contributed by atoms with van der Waals surface area (Å²) >= 11 is 1.60. The van der Waals surface area contributed by atoms with Gasteiger partial charge in [-0.2, -0.15) is 0 Å². The summed E-state index contributed by atoms with van der Waals surface area (Å²) in [5.41, 5.74) is 5.30. The SMILES string of the molecule is Cc1ccc(C)c(N=c2scc(-c3ccc(F)cc3)n2N2CCOCC2)c1. The molecular weight excluding hydrogens is 361 g/mol. The van der Waals surface area contributed by atoms with Crippen LogP contribution in [0.4, 0.5) is 10.1 Å². The molecule has 4 nitrogen and oxygen atoms in total. The summed E-state index contributed by atoms with van der Waals surface area (Å²) in [5.74, 6) is -0.229. The highest BCUT2D eigenvalue weighted by molar-refractivity contribution is 7.07. The van der Waals surface area contributed by atoms with Crippen molar-refractivity contribution in [2.45, 2.75) is 13.8 Å². The highest BCUT2D eigenvalue weighted by Gasteiger charge is 2.17. The van der Waals surface area contributed by atoms with Crippen molar-refractivity contribution >= 4 is 17.0 Å². The van der Waals surface area contributed by atoms with Gasteiger partial charge in [-0.15, -0.1) is 11.3 Å². The van der Waals surface area contributed by atoms with Crippen molar-refractivity contribution in [1.29, 1.82) is 0 Å². The number of morpholine rings is 1. The topological polar surface area (TPSA) is 29.8 Å². The van der Waals surface area contributed by atoms with Crippen molar-refractivity contribution in [1.82, 2.24) is 4.68 Å². The van der Waals surface area contributed by atoms with Crippen molar-refractivity contribution in [3.63, 3.8) is 0 Å². The van der Waals surface area contributed by atoms with E-state index in [4.69, 9.17) is 9.73 Å². The molecule has 2 aromatic carbocycles.